The molecule has 2 aromatic rings. The summed E-state index contributed by atoms with van der Waals surface area (Å²) in [7, 11) is 2.76. The molecule has 0 spiro atoms. The molecule has 0 amide bonds. The van der Waals surface area contributed by atoms with Crippen LogP contribution in [0.25, 0.3) is 12.2 Å². The Bertz CT molecular complexity index is 1080. The summed E-state index contributed by atoms with van der Waals surface area (Å²) >= 11 is 0. The van der Waals surface area contributed by atoms with Gasteiger partial charge in [-0.3, -0.25) is 0 Å². The summed E-state index contributed by atoms with van der Waals surface area (Å²) in [5.41, 5.74) is 6.67. The molecule has 0 heterocycles. The fourth-order valence-corrected chi connectivity index (χ4v) is 3.55. The van der Waals surface area contributed by atoms with Gasteiger partial charge in [0, 0.05) is 0 Å². The maximum Gasteiger partial charge on any atom is 0.360 e. The van der Waals surface area contributed by atoms with E-state index in [9.17, 15) is 4.79 Å². The van der Waals surface area contributed by atoms with E-state index in [2.05, 4.69) is 43.3 Å². The van der Waals surface area contributed by atoms with Crippen LogP contribution >= 0.6 is 0 Å². The van der Waals surface area contributed by atoms with E-state index in [0.717, 1.165) is 28.0 Å². The molecule has 166 valence electrons. The molecule has 5 nitrogen and oxygen atoms in total. The molecule has 1 aliphatic carbocycles. The van der Waals surface area contributed by atoms with Gasteiger partial charge in [-0.2, -0.15) is 0 Å². The lowest BCUT2D eigenvalue weighted by Crippen LogP contribution is -2.24. The van der Waals surface area contributed by atoms with Gasteiger partial charge in [-0.1, -0.05) is 70.9 Å². The maximum absolute atomic E-state index is 12.3. The van der Waals surface area contributed by atoms with E-state index in [0.29, 0.717) is 19.4 Å². The summed E-state index contributed by atoms with van der Waals surface area (Å²) in [5, 5.41) is 3.95. The zero-order valence-corrected chi connectivity index (χ0v) is 19.1. The van der Waals surface area contributed by atoms with E-state index in [1.807, 2.05) is 42.5 Å². The summed E-state index contributed by atoms with van der Waals surface area (Å²) in [4.78, 5) is 17.2. The Morgan fingerprint density at radius 3 is 2.34 bits per heavy atom. The van der Waals surface area contributed by atoms with Crippen molar-refractivity contribution in [2.24, 2.45) is 5.16 Å². The number of carbonyl (C=O) groups excluding carboxylic acids is 1. The zero-order chi connectivity index (χ0) is 22.9. The first kappa shape index (κ1) is 23.1. The Hall–Kier alpha value is -3.60. The number of hydrogen-bond donors (Lipinski definition) is 0. The van der Waals surface area contributed by atoms with E-state index in [4.69, 9.17) is 14.3 Å². The molecule has 5 heteroatoms. The lowest BCUT2D eigenvalue weighted by molar-refractivity contribution is -0.132. The number of allylic oxidation sites excluding steroid dienone is 2. The highest BCUT2D eigenvalue weighted by atomic mass is 16.6. The third-order valence-corrected chi connectivity index (χ3v) is 5.46. The zero-order valence-electron chi connectivity index (χ0n) is 19.1. The van der Waals surface area contributed by atoms with Gasteiger partial charge in [-0.15, -0.1) is 0 Å². The van der Waals surface area contributed by atoms with Gasteiger partial charge in [0.05, 0.1) is 7.11 Å². The van der Waals surface area contributed by atoms with E-state index < -0.39 is 5.97 Å². The van der Waals surface area contributed by atoms with Crippen LogP contribution in [0.2, 0.25) is 0 Å². The van der Waals surface area contributed by atoms with Crippen LogP contribution in [-0.2, 0) is 14.4 Å². The number of carbonyl (C=O) groups is 1. The van der Waals surface area contributed by atoms with E-state index >= 15 is 0 Å². The second-order valence-electron chi connectivity index (χ2n) is 7.72. The monoisotopic (exact) mass is 431 g/mol. The van der Waals surface area contributed by atoms with Gasteiger partial charge >= 0.3 is 5.97 Å². The van der Waals surface area contributed by atoms with Gasteiger partial charge in [-0.05, 0) is 61.1 Å². The number of ether oxygens (including phenoxy) is 2. The fraction of sp³-hybridized carbons (Fsp3) is 0.259. The van der Waals surface area contributed by atoms with Crippen molar-refractivity contribution < 1.29 is 19.1 Å². The summed E-state index contributed by atoms with van der Waals surface area (Å²) in [6, 6.07) is 18.1. The molecule has 3 rings (SSSR count). The van der Waals surface area contributed by atoms with Crippen LogP contribution in [-0.4, -0.2) is 32.5 Å². The average Bonchev–Trinajstić information content (AvgIpc) is 2.82. The van der Waals surface area contributed by atoms with Gasteiger partial charge in [0.2, 0.25) is 0 Å². The van der Waals surface area contributed by atoms with Crippen LogP contribution in [0.1, 0.15) is 37.8 Å². The van der Waals surface area contributed by atoms with Crippen molar-refractivity contribution in [2.75, 3.05) is 20.8 Å². The van der Waals surface area contributed by atoms with Gasteiger partial charge < -0.3 is 14.3 Å². The molecule has 32 heavy (non-hydrogen) atoms. The van der Waals surface area contributed by atoms with Crippen LogP contribution in [0.15, 0.2) is 82.0 Å². The smallest absolute Gasteiger partial charge is 0.360 e. The Morgan fingerprint density at radius 1 is 0.938 bits per heavy atom. The molecule has 0 saturated carbocycles. The number of esters is 1. The maximum atomic E-state index is 12.3. The molecule has 0 atom stereocenters. The predicted molar refractivity (Wildman–Crippen MR) is 128 cm³/mol. The van der Waals surface area contributed by atoms with Crippen molar-refractivity contribution in [3.63, 3.8) is 0 Å². The molecule has 0 unspecified atom stereocenters. The van der Waals surface area contributed by atoms with Crippen LogP contribution in [0, 0.1) is 0 Å². The molecule has 0 fully saturated rings. The summed E-state index contributed by atoms with van der Waals surface area (Å²) in [6.45, 7) is 4.52. The van der Waals surface area contributed by atoms with Crippen molar-refractivity contribution in [3.8, 4) is 5.75 Å². The molecule has 2 aromatic carbocycles. The first-order chi connectivity index (χ1) is 15.5. The number of oxime groups is 1. The number of hydrogen-bond acceptors (Lipinski definition) is 5. The Morgan fingerprint density at radius 2 is 1.62 bits per heavy atom. The van der Waals surface area contributed by atoms with Crippen molar-refractivity contribution in [2.45, 2.75) is 26.7 Å². The van der Waals surface area contributed by atoms with Gasteiger partial charge in [-0.25, -0.2) is 4.79 Å². The molecular weight excluding hydrogens is 402 g/mol. The van der Waals surface area contributed by atoms with Gasteiger partial charge in [0.25, 0.3) is 0 Å². The largest absolute Gasteiger partial charge is 0.489 e. The normalized spacial score (nSPS) is 14.7. The number of nitrogens with zero attached hydrogens (tertiary/aromatic N) is 1. The number of rotatable bonds is 8. The molecule has 0 aliphatic heterocycles. The lowest BCUT2D eigenvalue weighted by atomic mass is 9.85. The number of benzene rings is 2. The first-order valence-corrected chi connectivity index (χ1v) is 10.5. The van der Waals surface area contributed by atoms with Crippen molar-refractivity contribution in [1.29, 1.82) is 0 Å². The molecule has 1 aliphatic rings. The molecule has 0 N–H and O–H groups in total. The minimum absolute atomic E-state index is 0.194. The van der Waals surface area contributed by atoms with Gasteiger partial charge in [0.1, 0.15) is 19.5 Å². The van der Waals surface area contributed by atoms with Crippen LogP contribution in [0.5, 0.6) is 5.75 Å². The third kappa shape index (κ3) is 5.97. The Balaban J connectivity index is 1.80. The Labute approximate surface area is 189 Å². The molecule has 0 aromatic heterocycles. The van der Waals surface area contributed by atoms with Crippen LogP contribution in [0.3, 0.4) is 0 Å². The van der Waals surface area contributed by atoms with Crippen molar-refractivity contribution in [3.05, 3.63) is 88.0 Å². The van der Waals surface area contributed by atoms with Crippen LogP contribution < -0.4 is 4.74 Å². The molecule has 0 radical (unpaired) electrons. The third-order valence-electron chi connectivity index (χ3n) is 5.46. The van der Waals surface area contributed by atoms with E-state index in [-0.39, 0.29) is 5.71 Å². The highest BCUT2D eigenvalue weighted by molar-refractivity contribution is 6.43. The summed E-state index contributed by atoms with van der Waals surface area (Å²) in [5.74, 6) is 0.249. The SMILES string of the molecule is CO/N=C(\C(=O)OC)C1=C(COc2cccc(/C=C/c3ccccc3)c2)CC(C)=C(C)C1. The van der Waals surface area contributed by atoms with Crippen molar-refractivity contribution >= 4 is 23.8 Å². The van der Waals surface area contributed by atoms with Crippen molar-refractivity contribution in [1.82, 2.24) is 0 Å². The molecular formula is C27H29NO4. The molecule has 0 saturated heterocycles. The first-order valence-electron chi connectivity index (χ1n) is 10.5. The lowest BCUT2D eigenvalue weighted by Gasteiger charge is -2.23. The van der Waals surface area contributed by atoms with E-state index in [1.165, 1.54) is 25.4 Å². The van der Waals surface area contributed by atoms with E-state index in [1.54, 1.807) is 0 Å². The Kier molecular flexibility index (Phi) is 8.03. The summed E-state index contributed by atoms with van der Waals surface area (Å²) in [6.07, 6.45) is 5.46. The summed E-state index contributed by atoms with van der Waals surface area (Å²) < 4.78 is 11.1. The highest BCUT2D eigenvalue weighted by Crippen LogP contribution is 2.31. The fourth-order valence-electron chi connectivity index (χ4n) is 3.55. The number of methoxy groups -OCH3 is 1. The molecule has 0 bridgehead atoms. The average molecular weight is 432 g/mol. The minimum atomic E-state index is -0.514. The predicted octanol–water partition coefficient (Wildman–Crippen LogP) is 5.84. The second kappa shape index (κ2) is 11.1. The second-order valence-corrected chi connectivity index (χ2v) is 7.72. The standard InChI is InChI=1S/C27H29NO4/c1-19-15-23(25(16-20(19)2)26(28-31-4)27(29)30-3)18-32-24-12-8-11-22(17-24)14-13-21-9-6-5-7-10-21/h5-14,17H,15-16,18H2,1-4H3/b14-13+,28-26-. The topological polar surface area (TPSA) is 57.1 Å². The minimum Gasteiger partial charge on any atom is -0.489 e. The quantitative estimate of drug-likeness (QED) is 0.173. The highest BCUT2D eigenvalue weighted by Gasteiger charge is 2.26. The van der Waals surface area contributed by atoms with Gasteiger partial charge in [0.15, 0.2) is 5.71 Å². The van der Waals surface area contributed by atoms with Crippen LogP contribution in [0.4, 0.5) is 0 Å².